The minimum absolute atomic E-state index is 0.116. The van der Waals surface area contributed by atoms with Gasteiger partial charge < -0.3 is 20.1 Å². The van der Waals surface area contributed by atoms with Gasteiger partial charge in [-0.15, -0.1) is 0 Å². The Bertz CT molecular complexity index is 710. The Labute approximate surface area is 160 Å². The molecule has 6 nitrogen and oxygen atoms in total. The van der Waals surface area contributed by atoms with Crippen molar-refractivity contribution in [1.82, 2.24) is 4.98 Å². The molecule has 0 bridgehead atoms. The van der Waals surface area contributed by atoms with E-state index < -0.39 is 0 Å². The third-order valence-electron chi connectivity index (χ3n) is 4.74. The maximum atomic E-state index is 12.3. The molecule has 144 valence electrons. The zero-order chi connectivity index (χ0) is 18.9. The van der Waals surface area contributed by atoms with Crippen molar-refractivity contribution in [2.45, 2.75) is 32.1 Å². The molecule has 6 heteroatoms. The fraction of sp³-hybridized carbons (Fsp3) is 0.429. The van der Waals surface area contributed by atoms with Gasteiger partial charge in [-0.1, -0.05) is 19.3 Å². The molecule has 3 rings (SSSR count). The molecule has 1 fully saturated rings. The molecule has 1 aliphatic rings. The zero-order valence-electron chi connectivity index (χ0n) is 15.7. The quantitative estimate of drug-likeness (QED) is 0.686. The first-order chi connectivity index (χ1) is 13.2. The second-order valence-corrected chi connectivity index (χ2v) is 6.71. The second kappa shape index (κ2) is 9.80. The number of ether oxygens (including phenoxy) is 2. The van der Waals surface area contributed by atoms with E-state index in [0.29, 0.717) is 13.2 Å². The summed E-state index contributed by atoms with van der Waals surface area (Å²) in [6, 6.07) is 11.2. The monoisotopic (exact) mass is 369 g/mol. The number of aromatic nitrogens is 1. The number of nitrogens with one attached hydrogen (secondary N) is 2. The van der Waals surface area contributed by atoms with Crippen LogP contribution < -0.4 is 20.1 Å². The van der Waals surface area contributed by atoms with E-state index >= 15 is 0 Å². The van der Waals surface area contributed by atoms with Gasteiger partial charge in [0.1, 0.15) is 23.9 Å². The fourth-order valence-electron chi connectivity index (χ4n) is 3.20. The summed E-state index contributed by atoms with van der Waals surface area (Å²) in [5.74, 6) is 2.62. The van der Waals surface area contributed by atoms with Gasteiger partial charge >= 0.3 is 0 Å². The van der Waals surface area contributed by atoms with Gasteiger partial charge in [-0.3, -0.25) is 4.79 Å². The molecular weight excluding hydrogens is 342 g/mol. The van der Waals surface area contributed by atoms with Gasteiger partial charge in [-0.25, -0.2) is 4.98 Å². The van der Waals surface area contributed by atoms with Crippen LogP contribution in [0, 0.1) is 5.92 Å². The Morgan fingerprint density at radius 2 is 1.81 bits per heavy atom. The standard InChI is InChI=1S/C21H27N3O3/c1-26-18-8-10-19(11-9-18)27-14-13-22-20-12-7-17(15-23-20)24-21(25)16-5-3-2-4-6-16/h7-12,15-16H,2-6,13-14H2,1H3,(H,22,23)(H,24,25). The second-order valence-electron chi connectivity index (χ2n) is 6.71. The fourth-order valence-corrected chi connectivity index (χ4v) is 3.20. The average Bonchev–Trinajstić information content (AvgIpc) is 2.73. The van der Waals surface area contributed by atoms with Crippen LogP contribution in [-0.4, -0.2) is 31.2 Å². The first-order valence-corrected chi connectivity index (χ1v) is 9.52. The van der Waals surface area contributed by atoms with Gasteiger partial charge in [0.2, 0.25) is 5.91 Å². The number of hydrogen-bond acceptors (Lipinski definition) is 5. The van der Waals surface area contributed by atoms with Gasteiger partial charge in [0.25, 0.3) is 0 Å². The highest BCUT2D eigenvalue weighted by Gasteiger charge is 2.20. The van der Waals surface area contributed by atoms with Crippen LogP contribution in [0.3, 0.4) is 0 Å². The first kappa shape index (κ1) is 19.0. The highest BCUT2D eigenvalue weighted by Crippen LogP contribution is 2.25. The SMILES string of the molecule is COc1ccc(OCCNc2ccc(NC(=O)C3CCCCC3)cn2)cc1. The number of hydrogen-bond donors (Lipinski definition) is 2. The molecule has 1 aromatic carbocycles. The van der Waals surface area contributed by atoms with Crippen LogP contribution in [0.1, 0.15) is 32.1 Å². The molecule has 1 saturated carbocycles. The molecule has 0 atom stereocenters. The number of benzene rings is 1. The average molecular weight is 369 g/mol. The predicted molar refractivity (Wildman–Crippen MR) is 106 cm³/mol. The van der Waals surface area contributed by atoms with E-state index in [9.17, 15) is 4.79 Å². The maximum Gasteiger partial charge on any atom is 0.227 e. The lowest BCUT2D eigenvalue weighted by atomic mass is 9.88. The van der Waals surface area contributed by atoms with Crippen molar-refractivity contribution in [2.24, 2.45) is 5.92 Å². The van der Waals surface area contributed by atoms with Crippen LogP contribution >= 0.6 is 0 Å². The summed E-state index contributed by atoms with van der Waals surface area (Å²) < 4.78 is 10.8. The lowest BCUT2D eigenvalue weighted by molar-refractivity contribution is -0.120. The Balaban J connectivity index is 1.38. The van der Waals surface area contributed by atoms with E-state index in [1.807, 2.05) is 36.4 Å². The van der Waals surface area contributed by atoms with E-state index in [-0.39, 0.29) is 11.8 Å². The van der Waals surface area contributed by atoms with Crippen LogP contribution in [-0.2, 0) is 4.79 Å². The topological polar surface area (TPSA) is 72.5 Å². The summed E-state index contributed by atoms with van der Waals surface area (Å²) in [5, 5.41) is 6.18. The summed E-state index contributed by atoms with van der Waals surface area (Å²) >= 11 is 0. The Kier molecular flexibility index (Phi) is 6.90. The van der Waals surface area contributed by atoms with E-state index in [0.717, 1.165) is 48.7 Å². The molecule has 27 heavy (non-hydrogen) atoms. The van der Waals surface area contributed by atoms with E-state index in [1.165, 1.54) is 6.42 Å². The lowest BCUT2D eigenvalue weighted by Gasteiger charge is -2.20. The zero-order valence-corrected chi connectivity index (χ0v) is 15.7. The highest BCUT2D eigenvalue weighted by molar-refractivity contribution is 5.92. The Hall–Kier alpha value is -2.76. The number of anilines is 2. The normalized spacial score (nSPS) is 14.4. The minimum Gasteiger partial charge on any atom is -0.497 e. The predicted octanol–water partition coefficient (Wildman–Crippen LogP) is 4.10. The Morgan fingerprint density at radius 3 is 2.48 bits per heavy atom. The summed E-state index contributed by atoms with van der Waals surface area (Å²) in [6.07, 6.45) is 7.22. The van der Waals surface area contributed by atoms with Gasteiger partial charge in [-0.05, 0) is 49.2 Å². The number of carbonyl (C=O) groups is 1. The van der Waals surface area contributed by atoms with Gasteiger partial charge in [0.05, 0.1) is 25.5 Å². The summed E-state index contributed by atoms with van der Waals surface area (Å²) in [7, 11) is 1.64. The van der Waals surface area contributed by atoms with Crippen molar-refractivity contribution in [2.75, 3.05) is 30.9 Å². The van der Waals surface area contributed by atoms with Crippen molar-refractivity contribution >= 4 is 17.4 Å². The molecule has 0 radical (unpaired) electrons. The van der Waals surface area contributed by atoms with Crippen LogP contribution in [0.5, 0.6) is 11.5 Å². The number of carbonyl (C=O) groups excluding carboxylic acids is 1. The van der Waals surface area contributed by atoms with Crippen molar-refractivity contribution < 1.29 is 14.3 Å². The summed E-state index contributed by atoms with van der Waals surface area (Å²) in [6.45, 7) is 1.15. The number of pyridine rings is 1. The molecular formula is C21H27N3O3. The smallest absolute Gasteiger partial charge is 0.227 e. The van der Waals surface area contributed by atoms with Gasteiger partial charge in [0.15, 0.2) is 0 Å². The van der Waals surface area contributed by atoms with Crippen molar-refractivity contribution in [3.8, 4) is 11.5 Å². The highest BCUT2D eigenvalue weighted by atomic mass is 16.5. The molecule has 0 aliphatic heterocycles. The summed E-state index contributed by atoms with van der Waals surface area (Å²) in [5.41, 5.74) is 0.741. The molecule has 0 saturated heterocycles. The number of rotatable bonds is 8. The third kappa shape index (κ3) is 5.88. The number of nitrogens with zero attached hydrogens (tertiary/aromatic N) is 1. The van der Waals surface area contributed by atoms with E-state index in [4.69, 9.17) is 9.47 Å². The van der Waals surface area contributed by atoms with Gasteiger partial charge in [-0.2, -0.15) is 0 Å². The number of amides is 1. The van der Waals surface area contributed by atoms with E-state index in [2.05, 4.69) is 15.6 Å². The minimum atomic E-state index is 0.116. The van der Waals surface area contributed by atoms with Gasteiger partial charge in [0, 0.05) is 5.92 Å². The molecule has 2 aromatic rings. The molecule has 1 aliphatic carbocycles. The van der Waals surface area contributed by atoms with E-state index in [1.54, 1.807) is 13.3 Å². The van der Waals surface area contributed by atoms with Crippen molar-refractivity contribution in [3.05, 3.63) is 42.6 Å². The number of methoxy groups -OCH3 is 1. The molecule has 1 heterocycles. The van der Waals surface area contributed by atoms with Crippen molar-refractivity contribution in [1.29, 1.82) is 0 Å². The molecule has 1 aromatic heterocycles. The maximum absolute atomic E-state index is 12.3. The van der Waals surface area contributed by atoms with Crippen LogP contribution in [0.2, 0.25) is 0 Å². The molecule has 0 spiro atoms. The van der Waals surface area contributed by atoms with Crippen molar-refractivity contribution in [3.63, 3.8) is 0 Å². The largest absolute Gasteiger partial charge is 0.497 e. The molecule has 1 amide bonds. The lowest BCUT2D eigenvalue weighted by Crippen LogP contribution is -2.24. The Morgan fingerprint density at radius 1 is 1.07 bits per heavy atom. The van der Waals surface area contributed by atoms with Crippen LogP contribution in [0.4, 0.5) is 11.5 Å². The third-order valence-corrected chi connectivity index (χ3v) is 4.74. The van der Waals surface area contributed by atoms with Crippen LogP contribution in [0.15, 0.2) is 42.6 Å². The first-order valence-electron chi connectivity index (χ1n) is 9.52. The van der Waals surface area contributed by atoms with Crippen LogP contribution in [0.25, 0.3) is 0 Å². The summed E-state index contributed by atoms with van der Waals surface area (Å²) in [4.78, 5) is 16.6. The molecule has 2 N–H and O–H groups in total. The molecule has 0 unspecified atom stereocenters.